The van der Waals surface area contributed by atoms with Crippen molar-refractivity contribution >= 4 is 56.6 Å². The summed E-state index contributed by atoms with van der Waals surface area (Å²) in [4.78, 5) is 40.9. The topological polar surface area (TPSA) is 84.3 Å². The summed E-state index contributed by atoms with van der Waals surface area (Å²) in [5, 5.41) is 7.17. The number of hydrogen-bond acceptors (Lipinski definition) is 5. The molecule has 3 heterocycles. The van der Waals surface area contributed by atoms with Crippen LogP contribution >= 0.6 is 38.9 Å². The van der Waals surface area contributed by atoms with Crippen LogP contribution in [-0.2, 0) is 20.1 Å². The maximum Gasteiger partial charge on any atom is 0.261 e. The lowest BCUT2D eigenvalue weighted by Gasteiger charge is -2.24. The summed E-state index contributed by atoms with van der Waals surface area (Å²) in [6, 6.07) is 14.6. The van der Waals surface area contributed by atoms with Crippen molar-refractivity contribution in [3.8, 4) is 11.3 Å². The first-order chi connectivity index (χ1) is 18.3. The Bertz CT molecular complexity index is 1510. The number of aromatic nitrogens is 2. The molecule has 0 bridgehead atoms. The molecule has 0 fully saturated rings. The fourth-order valence-electron chi connectivity index (χ4n) is 4.52. The van der Waals surface area contributed by atoms with E-state index in [9.17, 15) is 18.8 Å². The summed E-state index contributed by atoms with van der Waals surface area (Å²) in [7, 11) is 1.78. The van der Waals surface area contributed by atoms with Crippen LogP contribution < -0.4 is 5.32 Å². The first-order valence-corrected chi connectivity index (χ1v) is 13.6. The summed E-state index contributed by atoms with van der Waals surface area (Å²) < 4.78 is 16.1. The molecule has 38 heavy (non-hydrogen) atoms. The van der Waals surface area contributed by atoms with E-state index in [1.165, 1.54) is 0 Å². The van der Waals surface area contributed by atoms with Crippen LogP contribution in [0.3, 0.4) is 0 Å². The molecule has 0 unspecified atom stereocenters. The Morgan fingerprint density at radius 3 is 2.39 bits per heavy atom. The molecule has 1 aliphatic heterocycles. The highest BCUT2D eigenvalue weighted by Crippen LogP contribution is 2.38. The zero-order valence-electron chi connectivity index (χ0n) is 20.1. The number of amides is 3. The minimum absolute atomic E-state index is 0.0445. The third kappa shape index (κ3) is 5.03. The number of thiophene rings is 1. The number of benzene rings is 2. The Hall–Kier alpha value is -3.34. The standard InChI is InChI=1S/C27H21BrClFN4O3S/c1-33-23(21(28)13-31-33)20-11-22(38-24(20)29)25(35)32-17(10-15-5-4-6-16(9-15)12-30)14-34-26(36)18-7-2-3-8-19(18)27(34)37/h2-9,11,13,17H,10,12,14H2,1H3,(H,32,35)/t17-/m0/s1. The average Bonchev–Trinajstić information content (AvgIpc) is 3.53. The molecule has 1 atom stereocenters. The van der Waals surface area contributed by atoms with Gasteiger partial charge in [-0.15, -0.1) is 11.3 Å². The average molecular weight is 616 g/mol. The lowest BCUT2D eigenvalue weighted by molar-refractivity contribution is 0.0629. The molecule has 0 saturated carbocycles. The van der Waals surface area contributed by atoms with Crippen molar-refractivity contribution in [3.63, 3.8) is 0 Å². The number of rotatable bonds is 8. The van der Waals surface area contributed by atoms with Gasteiger partial charge in [0.1, 0.15) is 11.0 Å². The van der Waals surface area contributed by atoms with Crippen molar-refractivity contribution in [1.82, 2.24) is 20.0 Å². The molecule has 3 amide bonds. The van der Waals surface area contributed by atoms with Crippen molar-refractivity contribution in [2.45, 2.75) is 19.1 Å². The largest absolute Gasteiger partial charge is 0.346 e. The van der Waals surface area contributed by atoms with Gasteiger partial charge in [-0.3, -0.25) is 24.0 Å². The van der Waals surface area contributed by atoms with Crippen LogP contribution in [0.25, 0.3) is 11.3 Å². The molecule has 7 nitrogen and oxygen atoms in total. The molecule has 2 aromatic carbocycles. The number of nitrogens with zero attached hydrogens (tertiary/aromatic N) is 3. The number of fused-ring (bicyclic) bond motifs is 1. The molecule has 1 N–H and O–H groups in total. The normalized spacial score (nSPS) is 13.6. The number of aryl methyl sites for hydroxylation is 1. The van der Waals surface area contributed by atoms with Crippen molar-refractivity contribution in [3.05, 3.63) is 96.7 Å². The minimum Gasteiger partial charge on any atom is -0.346 e. The molecule has 4 aromatic rings. The molecule has 0 aliphatic carbocycles. The number of halogens is 3. The van der Waals surface area contributed by atoms with E-state index in [0.717, 1.165) is 32.0 Å². The highest BCUT2D eigenvalue weighted by atomic mass is 79.9. The molecule has 11 heteroatoms. The number of carbonyl (C=O) groups is 3. The molecule has 1 aliphatic rings. The van der Waals surface area contributed by atoms with E-state index in [1.54, 1.807) is 66.5 Å². The van der Waals surface area contributed by atoms with Crippen LogP contribution in [-0.4, -0.2) is 45.0 Å². The van der Waals surface area contributed by atoms with Gasteiger partial charge >= 0.3 is 0 Å². The number of carbonyl (C=O) groups excluding carboxylic acids is 3. The van der Waals surface area contributed by atoms with Gasteiger partial charge < -0.3 is 5.32 Å². The van der Waals surface area contributed by atoms with Crippen molar-refractivity contribution in [1.29, 1.82) is 0 Å². The number of hydrogen-bond donors (Lipinski definition) is 1. The lowest BCUT2D eigenvalue weighted by Crippen LogP contribution is -2.46. The summed E-state index contributed by atoms with van der Waals surface area (Å²) in [6.45, 7) is -0.666. The van der Waals surface area contributed by atoms with Crippen molar-refractivity contribution in [2.24, 2.45) is 7.05 Å². The van der Waals surface area contributed by atoms with E-state index in [4.69, 9.17) is 11.6 Å². The van der Waals surface area contributed by atoms with E-state index < -0.39 is 30.4 Å². The zero-order chi connectivity index (χ0) is 27.0. The predicted molar refractivity (Wildman–Crippen MR) is 147 cm³/mol. The number of nitrogens with one attached hydrogen (secondary N) is 1. The van der Waals surface area contributed by atoms with Crippen LogP contribution in [0.5, 0.6) is 0 Å². The lowest BCUT2D eigenvalue weighted by atomic mass is 10.0. The van der Waals surface area contributed by atoms with E-state index in [-0.39, 0.29) is 13.0 Å². The van der Waals surface area contributed by atoms with Gasteiger partial charge in [-0.2, -0.15) is 5.10 Å². The Kier molecular flexibility index (Phi) is 7.47. The van der Waals surface area contributed by atoms with Crippen LogP contribution in [0.4, 0.5) is 4.39 Å². The second kappa shape index (κ2) is 10.8. The molecule has 194 valence electrons. The van der Waals surface area contributed by atoms with Crippen LogP contribution in [0, 0.1) is 0 Å². The fourth-order valence-corrected chi connectivity index (χ4v) is 6.27. The Morgan fingerprint density at radius 1 is 1.08 bits per heavy atom. The van der Waals surface area contributed by atoms with Crippen molar-refractivity contribution < 1.29 is 18.8 Å². The molecule has 2 aromatic heterocycles. The molecule has 0 spiro atoms. The van der Waals surface area contributed by atoms with Crippen LogP contribution in [0.15, 0.2) is 65.3 Å². The molecular weight excluding hydrogens is 595 g/mol. The quantitative estimate of drug-likeness (QED) is 0.259. The fraction of sp³-hybridized carbons (Fsp3) is 0.185. The highest BCUT2D eigenvalue weighted by molar-refractivity contribution is 9.10. The van der Waals surface area contributed by atoms with Crippen LogP contribution in [0.1, 0.15) is 41.5 Å². The molecular formula is C27H21BrClFN4O3S. The Balaban J connectivity index is 1.42. The molecule has 0 saturated heterocycles. The second-order valence-electron chi connectivity index (χ2n) is 8.86. The van der Waals surface area contributed by atoms with Gasteiger partial charge in [0.05, 0.1) is 38.4 Å². The third-order valence-electron chi connectivity index (χ3n) is 6.30. The highest BCUT2D eigenvalue weighted by Gasteiger charge is 2.37. The van der Waals surface area contributed by atoms with E-state index in [0.29, 0.717) is 31.5 Å². The summed E-state index contributed by atoms with van der Waals surface area (Å²) >= 11 is 11.1. The number of alkyl halides is 1. The first-order valence-electron chi connectivity index (χ1n) is 11.6. The van der Waals surface area contributed by atoms with Gasteiger partial charge in [0.15, 0.2) is 0 Å². The third-order valence-corrected chi connectivity index (χ3v) is 8.24. The van der Waals surface area contributed by atoms with Gasteiger partial charge in [-0.05, 0) is 51.7 Å². The van der Waals surface area contributed by atoms with E-state index in [2.05, 4.69) is 26.3 Å². The summed E-state index contributed by atoms with van der Waals surface area (Å²) in [5.74, 6) is -1.22. The summed E-state index contributed by atoms with van der Waals surface area (Å²) in [6.07, 6.45) is 1.93. The van der Waals surface area contributed by atoms with Gasteiger partial charge in [0, 0.05) is 19.2 Å². The van der Waals surface area contributed by atoms with Gasteiger partial charge in [0.2, 0.25) is 0 Å². The SMILES string of the molecule is Cn1ncc(Br)c1-c1cc(C(=O)N[C@@H](Cc2cccc(CF)c2)CN2C(=O)c3ccccc3C2=O)sc1Cl. The van der Waals surface area contributed by atoms with Gasteiger partial charge in [0.25, 0.3) is 17.7 Å². The van der Waals surface area contributed by atoms with Crippen LogP contribution in [0.2, 0.25) is 4.34 Å². The Labute approximate surface area is 235 Å². The minimum atomic E-state index is -0.632. The smallest absolute Gasteiger partial charge is 0.261 e. The van der Waals surface area contributed by atoms with Crippen molar-refractivity contribution in [2.75, 3.05) is 6.54 Å². The maximum absolute atomic E-state index is 13.4. The summed E-state index contributed by atoms with van der Waals surface area (Å²) in [5.41, 5.74) is 3.32. The van der Waals surface area contributed by atoms with E-state index >= 15 is 0 Å². The molecule has 0 radical (unpaired) electrons. The zero-order valence-corrected chi connectivity index (χ0v) is 23.2. The predicted octanol–water partition coefficient (Wildman–Crippen LogP) is 5.67. The molecule has 5 rings (SSSR count). The monoisotopic (exact) mass is 614 g/mol. The van der Waals surface area contributed by atoms with E-state index in [1.807, 2.05) is 6.07 Å². The Morgan fingerprint density at radius 2 is 1.76 bits per heavy atom. The van der Waals surface area contributed by atoms with Gasteiger partial charge in [-0.25, -0.2) is 4.39 Å². The first kappa shape index (κ1) is 26.3. The second-order valence-corrected chi connectivity index (χ2v) is 11.4. The van der Waals surface area contributed by atoms with Gasteiger partial charge in [-0.1, -0.05) is 48.0 Å². The number of imide groups is 1. The maximum atomic E-state index is 13.4.